The van der Waals surface area contributed by atoms with Crippen molar-refractivity contribution in [2.24, 2.45) is 5.73 Å². The van der Waals surface area contributed by atoms with Gasteiger partial charge in [0.05, 0.1) is 4.90 Å². The zero-order valence-electron chi connectivity index (χ0n) is 8.91. The Morgan fingerprint density at radius 2 is 1.94 bits per heavy atom. The molecule has 1 aromatic carbocycles. The minimum Gasteiger partial charge on any atom is -0.326 e. The van der Waals surface area contributed by atoms with Crippen LogP contribution < -0.4 is 5.73 Å². The number of hydrogen-bond donors (Lipinski definition) is 1. The van der Waals surface area contributed by atoms with Crippen molar-refractivity contribution in [2.75, 3.05) is 0 Å². The fourth-order valence-corrected chi connectivity index (χ4v) is 3.00. The molecule has 0 amide bonds. The first-order valence-corrected chi connectivity index (χ1v) is 6.39. The number of halogens is 2. The van der Waals surface area contributed by atoms with Crippen LogP contribution in [0.25, 0.3) is 0 Å². The Morgan fingerprint density at radius 3 is 2.41 bits per heavy atom. The number of benzene rings is 1. The first kappa shape index (κ1) is 12.4. The molecule has 2 aromatic rings. The lowest BCUT2D eigenvalue weighted by atomic mass is 10.2. The van der Waals surface area contributed by atoms with Crippen LogP contribution in [-0.2, 0) is 6.54 Å². The highest BCUT2D eigenvalue weighted by Gasteiger charge is 2.14. The highest BCUT2D eigenvalue weighted by Crippen LogP contribution is 2.34. The summed E-state index contributed by atoms with van der Waals surface area (Å²) in [5.41, 5.74) is 5.76. The maximum absolute atomic E-state index is 13.6. The van der Waals surface area contributed by atoms with Crippen molar-refractivity contribution in [2.45, 2.75) is 22.7 Å². The molecule has 0 atom stereocenters. The molecule has 0 fully saturated rings. The van der Waals surface area contributed by atoms with Crippen LogP contribution in [0.2, 0.25) is 0 Å². The monoisotopic (exact) mass is 273 g/mol. The number of nitrogens with zero attached hydrogens (tertiary/aromatic N) is 2. The summed E-state index contributed by atoms with van der Waals surface area (Å²) in [6.45, 7) is 1.89. The summed E-state index contributed by atoms with van der Waals surface area (Å²) < 4.78 is 27.8. The predicted molar refractivity (Wildman–Crippen MR) is 63.0 cm³/mol. The zero-order valence-corrected chi connectivity index (χ0v) is 10.5. The molecule has 0 bridgehead atoms. The molecular weight excluding hydrogens is 264 g/mol. The van der Waals surface area contributed by atoms with Gasteiger partial charge in [0, 0.05) is 6.54 Å². The second-order valence-corrected chi connectivity index (χ2v) is 5.72. The lowest BCUT2D eigenvalue weighted by molar-refractivity contribution is 0.537. The Morgan fingerprint density at radius 1 is 1.29 bits per heavy atom. The summed E-state index contributed by atoms with van der Waals surface area (Å²) in [5.74, 6) is -1.24. The van der Waals surface area contributed by atoms with Crippen LogP contribution in [0.3, 0.4) is 0 Å². The van der Waals surface area contributed by atoms with Gasteiger partial charge in [0.1, 0.15) is 16.6 Å². The second kappa shape index (κ2) is 5.07. The summed E-state index contributed by atoms with van der Waals surface area (Å²) in [4.78, 5) is -0.0710. The number of hydrogen-bond acceptors (Lipinski definition) is 5. The highest BCUT2D eigenvalue weighted by atomic mass is 32.2. The van der Waals surface area contributed by atoms with Gasteiger partial charge in [-0.05, 0) is 24.6 Å². The summed E-state index contributed by atoms with van der Waals surface area (Å²) in [6.07, 6.45) is 0. The minimum atomic E-state index is -0.622. The van der Waals surface area contributed by atoms with Gasteiger partial charge in [-0.25, -0.2) is 8.78 Å². The molecule has 0 saturated carbocycles. The highest BCUT2D eigenvalue weighted by molar-refractivity contribution is 8.01. The van der Waals surface area contributed by atoms with E-state index in [1.54, 1.807) is 6.92 Å². The van der Waals surface area contributed by atoms with E-state index in [1.807, 2.05) is 0 Å². The van der Waals surface area contributed by atoms with Gasteiger partial charge in [-0.3, -0.25) is 0 Å². The Balaban J connectivity index is 2.33. The van der Waals surface area contributed by atoms with Gasteiger partial charge in [-0.15, -0.1) is 10.2 Å². The van der Waals surface area contributed by atoms with E-state index in [9.17, 15) is 8.78 Å². The molecule has 0 spiro atoms. The summed E-state index contributed by atoms with van der Waals surface area (Å²) in [6, 6.07) is 2.47. The van der Waals surface area contributed by atoms with Gasteiger partial charge < -0.3 is 5.73 Å². The third-order valence-corrected chi connectivity index (χ3v) is 3.97. The van der Waals surface area contributed by atoms with Crippen molar-refractivity contribution >= 4 is 23.1 Å². The van der Waals surface area contributed by atoms with Gasteiger partial charge >= 0.3 is 0 Å². The fourth-order valence-electron chi connectivity index (χ4n) is 1.23. The van der Waals surface area contributed by atoms with Crippen LogP contribution in [0, 0.1) is 18.6 Å². The van der Waals surface area contributed by atoms with Crippen LogP contribution in [0.4, 0.5) is 8.78 Å². The van der Waals surface area contributed by atoms with E-state index in [1.165, 1.54) is 23.5 Å². The Labute approximate surface area is 105 Å². The molecule has 2 N–H and O–H groups in total. The van der Waals surface area contributed by atoms with Gasteiger partial charge in [-0.1, -0.05) is 23.1 Å². The fraction of sp³-hybridized carbons (Fsp3) is 0.200. The van der Waals surface area contributed by atoms with Crippen molar-refractivity contribution in [3.8, 4) is 0 Å². The molecule has 0 saturated heterocycles. The van der Waals surface area contributed by atoms with Crippen molar-refractivity contribution in [3.05, 3.63) is 34.3 Å². The molecule has 0 radical (unpaired) electrons. The van der Waals surface area contributed by atoms with Crippen LogP contribution in [0.1, 0.15) is 10.6 Å². The summed E-state index contributed by atoms with van der Waals surface area (Å²) in [5, 5.41) is 8.35. The first-order chi connectivity index (χ1) is 8.10. The quantitative estimate of drug-likeness (QED) is 0.934. The SMILES string of the molecule is Cc1nnc(Sc2c(F)cc(CN)cc2F)s1. The molecule has 0 aliphatic rings. The maximum Gasteiger partial charge on any atom is 0.179 e. The van der Waals surface area contributed by atoms with Crippen molar-refractivity contribution in [3.63, 3.8) is 0 Å². The number of aromatic nitrogens is 2. The van der Waals surface area contributed by atoms with Crippen molar-refractivity contribution < 1.29 is 8.78 Å². The van der Waals surface area contributed by atoms with Crippen molar-refractivity contribution in [1.29, 1.82) is 0 Å². The van der Waals surface area contributed by atoms with Crippen LogP contribution in [0.5, 0.6) is 0 Å². The minimum absolute atomic E-state index is 0.0710. The molecule has 0 aliphatic heterocycles. The van der Waals surface area contributed by atoms with Crippen LogP contribution in [-0.4, -0.2) is 10.2 Å². The first-order valence-electron chi connectivity index (χ1n) is 4.76. The molecule has 0 aliphatic carbocycles. The number of nitrogens with two attached hydrogens (primary N) is 1. The summed E-state index contributed by atoms with van der Waals surface area (Å²) in [7, 11) is 0. The Kier molecular flexibility index (Phi) is 3.70. The average Bonchev–Trinajstić information content (AvgIpc) is 2.69. The number of rotatable bonds is 3. The van der Waals surface area contributed by atoms with E-state index in [0.717, 1.165) is 16.8 Å². The molecule has 3 nitrogen and oxygen atoms in total. The molecule has 0 unspecified atom stereocenters. The Bertz CT molecular complexity index is 519. The maximum atomic E-state index is 13.6. The van der Waals surface area contributed by atoms with Crippen LogP contribution in [0.15, 0.2) is 21.4 Å². The molecule has 7 heteroatoms. The molecule has 1 aromatic heterocycles. The second-order valence-electron chi connectivity index (χ2n) is 3.28. The molecule has 90 valence electrons. The van der Waals surface area contributed by atoms with E-state index in [4.69, 9.17) is 5.73 Å². The van der Waals surface area contributed by atoms with E-state index < -0.39 is 11.6 Å². The van der Waals surface area contributed by atoms with E-state index in [-0.39, 0.29) is 11.4 Å². The van der Waals surface area contributed by atoms with Gasteiger partial charge in [0.2, 0.25) is 0 Å². The van der Waals surface area contributed by atoms with Crippen molar-refractivity contribution in [1.82, 2.24) is 10.2 Å². The smallest absolute Gasteiger partial charge is 0.179 e. The third-order valence-electron chi connectivity index (χ3n) is 1.99. The summed E-state index contributed by atoms with van der Waals surface area (Å²) >= 11 is 2.23. The van der Waals surface area contributed by atoms with Gasteiger partial charge in [0.15, 0.2) is 4.34 Å². The van der Waals surface area contributed by atoms with Gasteiger partial charge in [-0.2, -0.15) is 0 Å². The standard InChI is InChI=1S/C10H9F2N3S2/c1-5-14-15-10(16-5)17-9-7(11)2-6(4-13)3-8(9)12/h2-3H,4,13H2,1H3. The predicted octanol–water partition coefficient (Wildman–Crippen LogP) is 2.73. The Hall–Kier alpha value is -1.05. The average molecular weight is 273 g/mol. The normalized spacial score (nSPS) is 10.8. The lowest BCUT2D eigenvalue weighted by Crippen LogP contribution is -1.99. The van der Waals surface area contributed by atoms with Crippen LogP contribution >= 0.6 is 23.1 Å². The van der Waals surface area contributed by atoms with E-state index in [2.05, 4.69) is 10.2 Å². The molecule has 1 heterocycles. The lowest BCUT2D eigenvalue weighted by Gasteiger charge is -2.04. The topological polar surface area (TPSA) is 51.8 Å². The number of aryl methyl sites for hydroxylation is 1. The van der Waals surface area contributed by atoms with E-state index >= 15 is 0 Å². The molecular formula is C10H9F2N3S2. The third kappa shape index (κ3) is 2.80. The van der Waals surface area contributed by atoms with Gasteiger partial charge in [0.25, 0.3) is 0 Å². The van der Waals surface area contributed by atoms with E-state index in [0.29, 0.717) is 9.90 Å². The molecule has 2 rings (SSSR count). The largest absolute Gasteiger partial charge is 0.326 e. The molecule has 17 heavy (non-hydrogen) atoms. The zero-order chi connectivity index (χ0) is 12.4.